The SMILES string of the molecule is O=[N+]([O-])c1c(NCC(c2ccccc2)N2CCOCC2)nc2ccccn12. The number of aromatic nitrogens is 2. The summed E-state index contributed by atoms with van der Waals surface area (Å²) in [5, 5.41) is 14.8. The van der Waals surface area contributed by atoms with Gasteiger partial charge in [0.1, 0.15) is 0 Å². The van der Waals surface area contributed by atoms with Crippen LogP contribution in [-0.4, -0.2) is 52.1 Å². The molecule has 1 unspecified atom stereocenters. The van der Waals surface area contributed by atoms with Crippen LogP contribution in [0.5, 0.6) is 0 Å². The first-order chi connectivity index (χ1) is 13.2. The first-order valence-electron chi connectivity index (χ1n) is 8.96. The molecular weight excluding hydrogens is 346 g/mol. The highest BCUT2D eigenvalue weighted by molar-refractivity contribution is 5.62. The number of benzene rings is 1. The van der Waals surface area contributed by atoms with Crippen molar-refractivity contribution in [2.75, 3.05) is 38.2 Å². The lowest BCUT2D eigenvalue weighted by Gasteiger charge is -2.34. The molecule has 27 heavy (non-hydrogen) atoms. The van der Waals surface area contributed by atoms with Crippen LogP contribution in [0.3, 0.4) is 0 Å². The smallest absolute Gasteiger partial charge is 0.372 e. The van der Waals surface area contributed by atoms with Crippen LogP contribution in [0.25, 0.3) is 5.65 Å². The lowest BCUT2D eigenvalue weighted by Crippen LogP contribution is -2.41. The summed E-state index contributed by atoms with van der Waals surface area (Å²) in [6.07, 6.45) is 1.66. The van der Waals surface area contributed by atoms with E-state index >= 15 is 0 Å². The number of nitro groups is 1. The number of nitrogens with zero attached hydrogens (tertiary/aromatic N) is 4. The molecule has 1 aliphatic heterocycles. The summed E-state index contributed by atoms with van der Waals surface area (Å²) in [4.78, 5) is 17.9. The van der Waals surface area contributed by atoms with E-state index in [0.29, 0.717) is 31.2 Å². The zero-order valence-electron chi connectivity index (χ0n) is 14.8. The van der Waals surface area contributed by atoms with Crippen molar-refractivity contribution in [3.8, 4) is 0 Å². The fourth-order valence-electron chi connectivity index (χ4n) is 3.49. The number of fused-ring (bicyclic) bond motifs is 1. The van der Waals surface area contributed by atoms with Crippen molar-refractivity contribution >= 4 is 17.3 Å². The third-order valence-corrected chi connectivity index (χ3v) is 4.81. The molecule has 3 aromatic rings. The first-order valence-corrected chi connectivity index (χ1v) is 8.96. The number of ether oxygens (including phenoxy) is 1. The molecule has 0 aliphatic carbocycles. The van der Waals surface area contributed by atoms with Gasteiger partial charge in [-0.25, -0.2) is 0 Å². The summed E-state index contributed by atoms with van der Waals surface area (Å²) in [5.74, 6) is 0.250. The quantitative estimate of drug-likeness (QED) is 0.533. The van der Waals surface area contributed by atoms with Crippen LogP contribution in [0.1, 0.15) is 11.6 Å². The number of hydrogen-bond donors (Lipinski definition) is 1. The summed E-state index contributed by atoms with van der Waals surface area (Å²) in [5.41, 5.74) is 1.72. The molecule has 1 atom stereocenters. The molecular formula is C19H21N5O3. The minimum absolute atomic E-state index is 0.0422. The molecule has 0 bridgehead atoms. The molecule has 8 heteroatoms. The van der Waals surface area contributed by atoms with Crippen LogP contribution in [0, 0.1) is 10.1 Å². The van der Waals surface area contributed by atoms with Gasteiger partial charge in [0.15, 0.2) is 0 Å². The van der Waals surface area contributed by atoms with Crippen molar-refractivity contribution in [2.45, 2.75) is 6.04 Å². The van der Waals surface area contributed by atoms with Gasteiger partial charge < -0.3 is 20.2 Å². The highest BCUT2D eigenvalue weighted by atomic mass is 16.6. The van der Waals surface area contributed by atoms with E-state index in [1.54, 1.807) is 18.3 Å². The average molecular weight is 367 g/mol. The Balaban J connectivity index is 1.62. The Morgan fingerprint density at radius 2 is 1.89 bits per heavy atom. The molecule has 1 saturated heterocycles. The summed E-state index contributed by atoms with van der Waals surface area (Å²) in [6.45, 7) is 3.56. The second kappa shape index (κ2) is 7.73. The number of imidazole rings is 1. The summed E-state index contributed by atoms with van der Waals surface area (Å²) in [7, 11) is 0. The Kier molecular flexibility index (Phi) is 4.99. The lowest BCUT2D eigenvalue weighted by atomic mass is 10.0. The Morgan fingerprint density at radius 1 is 1.15 bits per heavy atom. The zero-order valence-corrected chi connectivity index (χ0v) is 14.8. The van der Waals surface area contributed by atoms with Crippen LogP contribution in [0.15, 0.2) is 54.7 Å². The molecule has 0 saturated carbocycles. The maximum Gasteiger partial charge on any atom is 0.372 e. The van der Waals surface area contributed by atoms with Crippen molar-refractivity contribution < 1.29 is 9.66 Å². The standard InChI is InChI=1S/C19H21N5O3/c25-24(26)19-18(21-17-8-4-5-9-23(17)19)20-14-16(15-6-2-1-3-7-15)22-10-12-27-13-11-22/h1-9,16,20H,10-14H2. The zero-order chi connectivity index (χ0) is 18.6. The van der Waals surface area contributed by atoms with Crippen molar-refractivity contribution in [1.29, 1.82) is 0 Å². The second-order valence-corrected chi connectivity index (χ2v) is 6.43. The molecule has 1 aliphatic rings. The molecule has 8 nitrogen and oxygen atoms in total. The molecule has 140 valence electrons. The van der Waals surface area contributed by atoms with Crippen LogP contribution in [-0.2, 0) is 4.74 Å². The Labute approximate surface area is 156 Å². The van der Waals surface area contributed by atoms with Crippen molar-refractivity contribution in [3.63, 3.8) is 0 Å². The molecule has 1 fully saturated rings. The van der Waals surface area contributed by atoms with Gasteiger partial charge in [0, 0.05) is 25.7 Å². The third-order valence-electron chi connectivity index (χ3n) is 4.81. The van der Waals surface area contributed by atoms with Crippen LogP contribution < -0.4 is 5.32 Å². The van der Waals surface area contributed by atoms with Crippen molar-refractivity contribution in [2.24, 2.45) is 0 Å². The van der Waals surface area contributed by atoms with Crippen molar-refractivity contribution in [1.82, 2.24) is 14.3 Å². The predicted octanol–water partition coefficient (Wildman–Crippen LogP) is 2.73. The minimum Gasteiger partial charge on any atom is -0.379 e. The van der Waals surface area contributed by atoms with E-state index in [1.807, 2.05) is 24.3 Å². The first kappa shape index (κ1) is 17.4. The number of pyridine rings is 1. The Morgan fingerprint density at radius 3 is 2.63 bits per heavy atom. The van der Waals surface area contributed by atoms with Crippen LogP contribution >= 0.6 is 0 Å². The van der Waals surface area contributed by atoms with Gasteiger partial charge in [0.05, 0.1) is 25.5 Å². The summed E-state index contributed by atoms with van der Waals surface area (Å²) in [6, 6.07) is 15.6. The van der Waals surface area contributed by atoms with Gasteiger partial charge in [-0.05, 0) is 16.6 Å². The highest BCUT2D eigenvalue weighted by Gasteiger charge is 2.26. The maximum atomic E-state index is 11.6. The van der Waals surface area contributed by atoms with Crippen molar-refractivity contribution in [3.05, 3.63) is 70.4 Å². The molecule has 3 heterocycles. The van der Waals surface area contributed by atoms with E-state index in [9.17, 15) is 10.1 Å². The topological polar surface area (TPSA) is 84.9 Å². The fraction of sp³-hybridized carbons (Fsp3) is 0.316. The van der Waals surface area contributed by atoms with E-state index in [0.717, 1.165) is 13.1 Å². The number of rotatable bonds is 6. The van der Waals surface area contributed by atoms with Gasteiger partial charge >= 0.3 is 5.82 Å². The normalized spacial score (nSPS) is 16.3. The van der Waals surface area contributed by atoms with Gasteiger partial charge in [0.25, 0.3) is 0 Å². The molecule has 0 spiro atoms. The summed E-state index contributed by atoms with van der Waals surface area (Å²) < 4.78 is 6.97. The fourth-order valence-corrected chi connectivity index (χ4v) is 3.49. The predicted molar refractivity (Wildman–Crippen MR) is 102 cm³/mol. The molecule has 4 rings (SSSR count). The van der Waals surface area contributed by atoms with E-state index in [-0.39, 0.29) is 11.9 Å². The van der Waals surface area contributed by atoms with E-state index in [4.69, 9.17) is 4.74 Å². The molecule has 2 aromatic heterocycles. The lowest BCUT2D eigenvalue weighted by molar-refractivity contribution is -0.389. The minimum atomic E-state index is -0.394. The maximum absolute atomic E-state index is 11.6. The second-order valence-electron chi connectivity index (χ2n) is 6.43. The molecule has 0 radical (unpaired) electrons. The van der Waals surface area contributed by atoms with Gasteiger partial charge in [-0.1, -0.05) is 36.4 Å². The number of anilines is 1. The Bertz CT molecular complexity index is 921. The number of hydrogen-bond acceptors (Lipinski definition) is 6. The van der Waals surface area contributed by atoms with Gasteiger partial charge in [0.2, 0.25) is 11.5 Å². The monoisotopic (exact) mass is 367 g/mol. The average Bonchev–Trinajstić information content (AvgIpc) is 3.08. The number of nitrogens with one attached hydrogen (secondary N) is 1. The summed E-state index contributed by atoms with van der Waals surface area (Å²) >= 11 is 0. The molecule has 1 aromatic carbocycles. The largest absolute Gasteiger partial charge is 0.379 e. The van der Waals surface area contributed by atoms with Gasteiger partial charge in [-0.15, -0.1) is 0 Å². The van der Waals surface area contributed by atoms with Gasteiger partial charge in [-0.3, -0.25) is 4.90 Å². The Hall–Kier alpha value is -2.97. The van der Waals surface area contributed by atoms with E-state index < -0.39 is 4.92 Å². The van der Waals surface area contributed by atoms with Crippen LogP contribution in [0.4, 0.5) is 11.6 Å². The highest BCUT2D eigenvalue weighted by Crippen LogP contribution is 2.28. The van der Waals surface area contributed by atoms with E-state index in [1.165, 1.54) is 9.96 Å². The molecule has 1 N–H and O–H groups in total. The van der Waals surface area contributed by atoms with Crippen LogP contribution in [0.2, 0.25) is 0 Å². The van der Waals surface area contributed by atoms with E-state index in [2.05, 4.69) is 27.3 Å². The third kappa shape index (κ3) is 3.62. The number of morpholine rings is 1. The molecule has 0 amide bonds. The van der Waals surface area contributed by atoms with Gasteiger partial charge in [-0.2, -0.15) is 9.38 Å².